The number of carbonyl (C=O) groups excluding carboxylic acids is 1. The Hall–Kier alpha value is -2.14. The molecule has 2 aromatic rings. The lowest BCUT2D eigenvalue weighted by atomic mass is 10.1. The fourth-order valence-electron chi connectivity index (χ4n) is 2.04. The summed E-state index contributed by atoms with van der Waals surface area (Å²) >= 11 is 5.87. The van der Waals surface area contributed by atoms with Gasteiger partial charge < -0.3 is 5.32 Å². The van der Waals surface area contributed by atoms with Crippen molar-refractivity contribution in [2.24, 2.45) is 0 Å². The molecule has 5 nitrogen and oxygen atoms in total. The van der Waals surface area contributed by atoms with E-state index in [2.05, 4.69) is 10.4 Å². The zero-order chi connectivity index (χ0) is 16.8. The van der Waals surface area contributed by atoms with Crippen LogP contribution < -0.4 is 10.9 Å². The van der Waals surface area contributed by atoms with Crippen LogP contribution in [0.3, 0.4) is 0 Å². The summed E-state index contributed by atoms with van der Waals surface area (Å²) in [6, 6.07) is 10.5. The van der Waals surface area contributed by atoms with Gasteiger partial charge in [-0.15, -0.1) is 0 Å². The van der Waals surface area contributed by atoms with Gasteiger partial charge in [0.15, 0.2) is 0 Å². The summed E-state index contributed by atoms with van der Waals surface area (Å²) in [6.07, 6.45) is 1.09. The van der Waals surface area contributed by atoms with E-state index in [0.717, 1.165) is 12.0 Å². The molecule has 0 saturated heterocycles. The van der Waals surface area contributed by atoms with Crippen molar-refractivity contribution < 1.29 is 4.79 Å². The Morgan fingerprint density at radius 2 is 1.96 bits per heavy atom. The Labute approximate surface area is 140 Å². The van der Waals surface area contributed by atoms with Gasteiger partial charge in [-0.25, -0.2) is 4.68 Å². The van der Waals surface area contributed by atoms with Crippen molar-refractivity contribution in [1.29, 1.82) is 0 Å². The minimum absolute atomic E-state index is 0.0788. The third-order valence-corrected chi connectivity index (χ3v) is 3.83. The molecule has 1 amide bonds. The predicted octanol–water partition coefficient (Wildman–Crippen LogP) is 2.87. The van der Waals surface area contributed by atoms with Crippen molar-refractivity contribution >= 4 is 17.5 Å². The maximum atomic E-state index is 11.9. The summed E-state index contributed by atoms with van der Waals surface area (Å²) in [7, 11) is 0. The standard InChI is InChI=1S/C17H20ClN3O2/c1-3-12(2)19-16(22)10-11-21-17(23)9-8-15(20-21)13-4-6-14(18)7-5-13/h4-9,12H,3,10-11H2,1-2H3,(H,19,22)/t12-/m1/s1. The molecule has 0 spiro atoms. The number of hydrogen-bond acceptors (Lipinski definition) is 3. The van der Waals surface area contributed by atoms with Crippen molar-refractivity contribution in [3.05, 3.63) is 51.8 Å². The monoisotopic (exact) mass is 333 g/mol. The summed E-state index contributed by atoms with van der Waals surface area (Å²) < 4.78 is 1.32. The highest BCUT2D eigenvalue weighted by atomic mass is 35.5. The number of halogens is 1. The van der Waals surface area contributed by atoms with E-state index in [1.54, 1.807) is 18.2 Å². The Balaban J connectivity index is 2.10. The summed E-state index contributed by atoms with van der Waals surface area (Å²) in [5, 5.41) is 7.84. The van der Waals surface area contributed by atoms with Crippen LogP contribution in [0.1, 0.15) is 26.7 Å². The molecule has 1 N–H and O–H groups in total. The van der Waals surface area contributed by atoms with Crippen LogP contribution in [0, 0.1) is 0 Å². The molecule has 0 bridgehead atoms. The molecule has 0 aliphatic rings. The SMILES string of the molecule is CC[C@@H](C)NC(=O)CCn1nc(-c2ccc(Cl)cc2)ccc1=O. The fourth-order valence-corrected chi connectivity index (χ4v) is 2.17. The van der Waals surface area contributed by atoms with Gasteiger partial charge in [-0.1, -0.05) is 30.7 Å². The number of aryl methyl sites for hydroxylation is 1. The van der Waals surface area contributed by atoms with Gasteiger partial charge >= 0.3 is 0 Å². The zero-order valence-corrected chi connectivity index (χ0v) is 14.0. The quantitative estimate of drug-likeness (QED) is 0.884. The summed E-state index contributed by atoms with van der Waals surface area (Å²) in [5.41, 5.74) is 1.31. The smallest absolute Gasteiger partial charge is 0.266 e. The number of amides is 1. The predicted molar refractivity (Wildman–Crippen MR) is 91.5 cm³/mol. The molecule has 2 rings (SSSR count). The Kier molecular flexibility index (Phi) is 5.93. The van der Waals surface area contributed by atoms with Crippen molar-refractivity contribution in [3.63, 3.8) is 0 Å². The van der Waals surface area contributed by atoms with E-state index in [0.29, 0.717) is 10.7 Å². The van der Waals surface area contributed by atoms with Gasteiger partial charge in [0.2, 0.25) is 5.91 Å². The lowest BCUT2D eigenvalue weighted by Crippen LogP contribution is -2.33. The topological polar surface area (TPSA) is 64.0 Å². The van der Waals surface area contributed by atoms with Gasteiger partial charge in [-0.05, 0) is 31.5 Å². The number of rotatable bonds is 6. The second kappa shape index (κ2) is 7.92. The van der Waals surface area contributed by atoms with E-state index in [9.17, 15) is 9.59 Å². The van der Waals surface area contributed by atoms with Crippen molar-refractivity contribution in [3.8, 4) is 11.3 Å². The first kappa shape index (κ1) is 17.2. The maximum Gasteiger partial charge on any atom is 0.266 e. The van der Waals surface area contributed by atoms with E-state index in [-0.39, 0.29) is 30.5 Å². The Morgan fingerprint density at radius 3 is 2.61 bits per heavy atom. The normalized spacial score (nSPS) is 12.0. The Morgan fingerprint density at radius 1 is 1.26 bits per heavy atom. The first-order chi connectivity index (χ1) is 11.0. The molecule has 1 heterocycles. The number of hydrogen-bond donors (Lipinski definition) is 1. The molecule has 1 aromatic carbocycles. The van der Waals surface area contributed by atoms with Gasteiger partial charge in [-0.2, -0.15) is 5.10 Å². The number of nitrogens with zero attached hydrogens (tertiary/aromatic N) is 2. The van der Waals surface area contributed by atoms with Gasteiger partial charge in [0.05, 0.1) is 12.2 Å². The molecule has 0 fully saturated rings. The molecular weight excluding hydrogens is 314 g/mol. The summed E-state index contributed by atoms with van der Waals surface area (Å²) in [6.45, 7) is 4.21. The highest BCUT2D eigenvalue weighted by Crippen LogP contribution is 2.18. The fraction of sp³-hybridized carbons (Fsp3) is 0.353. The van der Waals surface area contributed by atoms with Crippen molar-refractivity contribution in [2.45, 2.75) is 39.3 Å². The largest absolute Gasteiger partial charge is 0.354 e. The molecule has 0 aliphatic heterocycles. The van der Waals surface area contributed by atoms with E-state index >= 15 is 0 Å². The highest BCUT2D eigenvalue weighted by molar-refractivity contribution is 6.30. The minimum atomic E-state index is -0.223. The molecule has 23 heavy (non-hydrogen) atoms. The van der Waals surface area contributed by atoms with Gasteiger partial charge in [0, 0.05) is 29.1 Å². The van der Waals surface area contributed by atoms with E-state index in [1.165, 1.54) is 10.7 Å². The molecule has 1 atom stereocenters. The first-order valence-corrected chi connectivity index (χ1v) is 8.01. The molecule has 1 aromatic heterocycles. The van der Waals surface area contributed by atoms with Crippen LogP contribution >= 0.6 is 11.6 Å². The Bertz CT molecular complexity index is 725. The molecule has 0 aliphatic carbocycles. The van der Waals surface area contributed by atoms with Crippen LogP contribution in [0.15, 0.2) is 41.2 Å². The van der Waals surface area contributed by atoms with Crippen LogP contribution in [-0.4, -0.2) is 21.7 Å². The highest BCUT2D eigenvalue weighted by Gasteiger charge is 2.08. The second-order valence-corrected chi connectivity index (χ2v) is 5.85. The molecule has 0 radical (unpaired) electrons. The van der Waals surface area contributed by atoms with Gasteiger partial charge in [0.1, 0.15) is 0 Å². The van der Waals surface area contributed by atoms with E-state index in [1.807, 2.05) is 26.0 Å². The zero-order valence-electron chi connectivity index (χ0n) is 13.3. The van der Waals surface area contributed by atoms with Crippen LogP contribution in [0.4, 0.5) is 0 Å². The van der Waals surface area contributed by atoms with Crippen molar-refractivity contribution in [2.75, 3.05) is 0 Å². The summed E-state index contributed by atoms with van der Waals surface area (Å²) in [4.78, 5) is 23.7. The second-order valence-electron chi connectivity index (χ2n) is 5.41. The van der Waals surface area contributed by atoms with Crippen molar-refractivity contribution in [1.82, 2.24) is 15.1 Å². The van der Waals surface area contributed by atoms with Gasteiger partial charge in [0.25, 0.3) is 5.56 Å². The van der Waals surface area contributed by atoms with Gasteiger partial charge in [-0.3, -0.25) is 9.59 Å². The number of carbonyl (C=O) groups is 1. The third kappa shape index (κ3) is 4.93. The number of benzene rings is 1. The van der Waals surface area contributed by atoms with E-state index in [4.69, 9.17) is 11.6 Å². The minimum Gasteiger partial charge on any atom is -0.354 e. The maximum absolute atomic E-state index is 11.9. The van der Waals surface area contributed by atoms with Crippen LogP contribution in [-0.2, 0) is 11.3 Å². The van der Waals surface area contributed by atoms with Crippen LogP contribution in [0.2, 0.25) is 5.02 Å². The average Bonchev–Trinajstić information content (AvgIpc) is 2.54. The third-order valence-electron chi connectivity index (χ3n) is 3.58. The average molecular weight is 334 g/mol. The molecule has 0 saturated carbocycles. The number of aromatic nitrogens is 2. The lowest BCUT2D eigenvalue weighted by molar-refractivity contribution is -0.122. The first-order valence-electron chi connectivity index (χ1n) is 7.63. The van der Waals surface area contributed by atoms with Crippen LogP contribution in [0.25, 0.3) is 11.3 Å². The molecular formula is C17H20ClN3O2. The molecule has 6 heteroatoms. The molecule has 0 unspecified atom stereocenters. The van der Waals surface area contributed by atoms with Crippen LogP contribution in [0.5, 0.6) is 0 Å². The lowest BCUT2D eigenvalue weighted by Gasteiger charge is -2.12. The summed E-state index contributed by atoms with van der Waals surface area (Å²) in [5.74, 6) is -0.0788. The number of nitrogens with one attached hydrogen (secondary N) is 1. The van der Waals surface area contributed by atoms with E-state index < -0.39 is 0 Å². The molecule has 122 valence electrons.